The number of nitrogens with zero attached hydrogens (tertiary/aromatic N) is 1. The fourth-order valence-corrected chi connectivity index (χ4v) is 5.89. The van der Waals surface area contributed by atoms with Crippen molar-refractivity contribution in [3.05, 3.63) is 107 Å². The lowest BCUT2D eigenvalue weighted by molar-refractivity contribution is -0.139. The Kier molecular flexibility index (Phi) is 10.5. The van der Waals surface area contributed by atoms with Gasteiger partial charge < -0.3 is 10.2 Å². The molecule has 3 aromatic carbocycles. The predicted octanol–water partition coefficient (Wildman–Crippen LogP) is 6.66. The smallest absolute Gasteiger partial charge is 0.243 e. The zero-order chi connectivity index (χ0) is 25.9. The number of halogens is 1. The number of carbonyl (C=O) groups is 2. The lowest BCUT2D eigenvalue weighted by Gasteiger charge is -2.33. The van der Waals surface area contributed by atoms with E-state index in [0.717, 1.165) is 42.6 Å². The maximum Gasteiger partial charge on any atom is 0.243 e. The number of hydrogen-bond acceptors (Lipinski definition) is 3. The Labute approximate surface area is 229 Å². The van der Waals surface area contributed by atoms with Gasteiger partial charge in [-0.05, 0) is 35.6 Å². The summed E-state index contributed by atoms with van der Waals surface area (Å²) in [6.45, 7) is 0.292. The molecule has 1 aliphatic rings. The summed E-state index contributed by atoms with van der Waals surface area (Å²) in [5.41, 5.74) is 3.04. The molecule has 1 atom stereocenters. The topological polar surface area (TPSA) is 49.4 Å². The maximum absolute atomic E-state index is 13.8. The highest BCUT2D eigenvalue weighted by atomic mass is 35.5. The molecule has 4 rings (SSSR count). The zero-order valence-corrected chi connectivity index (χ0v) is 22.7. The van der Waals surface area contributed by atoms with Gasteiger partial charge >= 0.3 is 0 Å². The SMILES string of the molecule is O=C(NC1CCCCC1)C(Cc1ccccc1)N(Cc1ccccc1Cl)C(=O)CSCc1ccccc1. The first-order valence-corrected chi connectivity index (χ1v) is 14.6. The number of rotatable bonds is 11. The van der Waals surface area contributed by atoms with Crippen molar-refractivity contribution in [3.8, 4) is 0 Å². The molecule has 37 heavy (non-hydrogen) atoms. The van der Waals surface area contributed by atoms with Gasteiger partial charge in [-0.2, -0.15) is 0 Å². The second kappa shape index (κ2) is 14.3. The van der Waals surface area contributed by atoms with Crippen LogP contribution in [0.15, 0.2) is 84.9 Å². The molecule has 1 N–H and O–H groups in total. The fraction of sp³-hybridized carbons (Fsp3) is 0.355. The van der Waals surface area contributed by atoms with Crippen molar-refractivity contribution >= 4 is 35.2 Å². The number of nitrogens with one attached hydrogen (secondary N) is 1. The van der Waals surface area contributed by atoms with Crippen LogP contribution >= 0.6 is 23.4 Å². The van der Waals surface area contributed by atoms with Crippen LogP contribution in [0.4, 0.5) is 0 Å². The van der Waals surface area contributed by atoms with Crippen molar-refractivity contribution in [2.45, 2.75) is 62.9 Å². The molecule has 194 valence electrons. The molecule has 1 unspecified atom stereocenters. The standard InChI is InChI=1S/C31H35ClN2O2S/c32-28-19-11-10-16-26(28)21-34(30(35)23-37-22-25-14-6-2-7-15-25)29(20-24-12-4-1-5-13-24)31(36)33-27-17-8-3-9-18-27/h1-2,4-7,10-16,19,27,29H,3,8-9,17-18,20-23H2,(H,33,36). The van der Waals surface area contributed by atoms with Crippen LogP contribution in [0.25, 0.3) is 0 Å². The van der Waals surface area contributed by atoms with Crippen molar-refractivity contribution in [2.24, 2.45) is 0 Å². The Morgan fingerprint density at radius 1 is 0.865 bits per heavy atom. The molecule has 0 aliphatic heterocycles. The maximum atomic E-state index is 13.8. The Balaban J connectivity index is 1.57. The Morgan fingerprint density at radius 2 is 1.49 bits per heavy atom. The van der Waals surface area contributed by atoms with Crippen molar-refractivity contribution in [3.63, 3.8) is 0 Å². The van der Waals surface area contributed by atoms with Gasteiger partial charge in [-0.25, -0.2) is 0 Å². The molecule has 0 radical (unpaired) electrons. The fourth-order valence-electron chi connectivity index (χ4n) is 4.82. The first-order valence-electron chi connectivity index (χ1n) is 13.1. The van der Waals surface area contributed by atoms with Gasteiger partial charge in [0.25, 0.3) is 0 Å². The molecule has 1 fully saturated rings. The second-order valence-electron chi connectivity index (χ2n) is 9.64. The number of benzene rings is 3. The second-order valence-corrected chi connectivity index (χ2v) is 11.0. The zero-order valence-electron chi connectivity index (χ0n) is 21.2. The third-order valence-electron chi connectivity index (χ3n) is 6.86. The summed E-state index contributed by atoms with van der Waals surface area (Å²) in [5.74, 6) is 0.899. The summed E-state index contributed by atoms with van der Waals surface area (Å²) in [5, 5.41) is 3.88. The molecule has 0 bridgehead atoms. The van der Waals surface area contributed by atoms with Crippen LogP contribution in [-0.4, -0.2) is 34.6 Å². The molecule has 0 aromatic heterocycles. The monoisotopic (exact) mass is 534 g/mol. The molecule has 0 saturated heterocycles. The van der Waals surface area contributed by atoms with E-state index in [1.807, 2.05) is 72.8 Å². The molecule has 4 nitrogen and oxygen atoms in total. The molecule has 3 aromatic rings. The third-order valence-corrected chi connectivity index (χ3v) is 8.22. The largest absolute Gasteiger partial charge is 0.352 e. The van der Waals surface area contributed by atoms with E-state index in [9.17, 15) is 9.59 Å². The summed E-state index contributed by atoms with van der Waals surface area (Å²) in [4.78, 5) is 29.3. The van der Waals surface area contributed by atoms with Crippen molar-refractivity contribution in [2.75, 3.05) is 5.75 Å². The highest BCUT2D eigenvalue weighted by molar-refractivity contribution is 7.99. The van der Waals surface area contributed by atoms with Crippen LogP contribution in [0.3, 0.4) is 0 Å². The van der Waals surface area contributed by atoms with E-state index in [1.165, 1.54) is 12.0 Å². The van der Waals surface area contributed by atoms with Gasteiger partial charge in [0.2, 0.25) is 11.8 Å². The van der Waals surface area contributed by atoms with Crippen molar-refractivity contribution in [1.82, 2.24) is 10.2 Å². The Hall–Kier alpha value is -2.76. The van der Waals surface area contributed by atoms with E-state index >= 15 is 0 Å². The molecule has 1 aliphatic carbocycles. The van der Waals surface area contributed by atoms with E-state index in [4.69, 9.17) is 11.6 Å². The molecule has 2 amide bonds. The van der Waals surface area contributed by atoms with Crippen LogP contribution in [0.5, 0.6) is 0 Å². The molecule has 0 spiro atoms. The average molecular weight is 535 g/mol. The Bertz CT molecular complexity index is 1140. The molecule has 6 heteroatoms. The van der Waals surface area contributed by atoms with Crippen LogP contribution in [-0.2, 0) is 28.3 Å². The van der Waals surface area contributed by atoms with E-state index in [2.05, 4.69) is 17.4 Å². The van der Waals surface area contributed by atoms with Crippen LogP contribution < -0.4 is 5.32 Å². The quantitative estimate of drug-likeness (QED) is 0.299. The van der Waals surface area contributed by atoms with Gasteiger partial charge in [0.15, 0.2) is 0 Å². The summed E-state index contributed by atoms with van der Waals surface area (Å²) >= 11 is 8.09. The lowest BCUT2D eigenvalue weighted by atomic mass is 9.94. The van der Waals surface area contributed by atoms with E-state index in [1.54, 1.807) is 16.7 Å². The van der Waals surface area contributed by atoms with E-state index < -0.39 is 6.04 Å². The first-order chi connectivity index (χ1) is 18.1. The van der Waals surface area contributed by atoms with Crippen LogP contribution in [0.1, 0.15) is 48.8 Å². The third kappa shape index (κ3) is 8.37. The van der Waals surface area contributed by atoms with Gasteiger partial charge in [-0.1, -0.05) is 110 Å². The summed E-state index contributed by atoms with van der Waals surface area (Å²) in [6, 6.07) is 27.2. The minimum Gasteiger partial charge on any atom is -0.352 e. The minimum absolute atomic E-state index is 0.0550. The summed E-state index contributed by atoms with van der Waals surface area (Å²) < 4.78 is 0. The number of hydrogen-bond donors (Lipinski definition) is 1. The van der Waals surface area contributed by atoms with Crippen molar-refractivity contribution in [1.29, 1.82) is 0 Å². The highest BCUT2D eigenvalue weighted by Gasteiger charge is 2.32. The van der Waals surface area contributed by atoms with Gasteiger partial charge in [0.05, 0.1) is 5.75 Å². The van der Waals surface area contributed by atoms with E-state index in [0.29, 0.717) is 23.7 Å². The first kappa shape index (κ1) is 27.3. The van der Waals surface area contributed by atoms with Gasteiger partial charge in [-0.3, -0.25) is 9.59 Å². The van der Waals surface area contributed by atoms with Gasteiger partial charge in [0.1, 0.15) is 6.04 Å². The van der Waals surface area contributed by atoms with Crippen LogP contribution in [0, 0.1) is 0 Å². The van der Waals surface area contributed by atoms with Gasteiger partial charge in [0, 0.05) is 29.8 Å². The minimum atomic E-state index is -0.620. The molecular weight excluding hydrogens is 500 g/mol. The van der Waals surface area contributed by atoms with Crippen molar-refractivity contribution < 1.29 is 9.59 Å². The molecule has 1 saturated carbocycles. The number of amides is 2. The van der Waals surface area contributed by atoms with Crippen LogP contribution in [0.2, 0.25) is 5.02 Å². The normalized spacial score (nSPS) is 14.6. The van der Waals surface area contributed by atoms with E-state index in [-0.39, 0.29) is 17.9 Å². The highest BCUT2D eigenvalue weighted by Crippen LogP contribution is 2.23. The Morgan fingerprint density at radius 3 is 2.16 bits per heavy atom. The van der Waals surface area contributed by atoms with Gasteiger partial charge in [-0.15, -0.1) is 11.8 Å². The molecule has 0 heterocycles. The predicted molar refractivity (Wildman–Crippen MR) is 154 cm³/mol. The number of carbonyl (C=O) groups excluding carboxylic acids is 2. The number of thioether (sulfide) groups is 1. The summed E-state index contributed by atoms with van der Waals surface area (Å²) in [7, 11) is 0. The lowest BCUT2D eigenvalue weighted by Crippen LogP contribution is -2.53. The molecular formula is C31H35ClN2O2S. The summed E-state index contributed by atoms with van der Waals surface area (Å²) in [6.07, 6.45) is 5.93. The average Bonchev–Trinajstić information content (AvgIpc) is 2.93.